The second-order valence-corrected chi connectivity index (χ2v) is 5.64. The molecule has 2 saturated carbocycles. The SMILES string of the molecule is CCOC(=O)C1(C#N)C(C#N)(C(=O)OCC)C1(C)C1CC1. The molecule has 2 atom stereocenters. The van der Waals surface area contributed by atoms with Crippen LogP contribution < -0.4 is 0 Å². The van der Waals surface area contributed by atoms with Gasteiger partial charge in [-0.25, -0.2) is 0 Å². The van der Waals surface area contributed by atoms with E-state index in [0.29, 0.717) is 0 Å². The van der Waals surface area contributed by atoms with Crippen molar-refractivity contribution < 1.29 is 19.1 Å². The number of esters is 2. The summed E-state index contributed by atoms with van der Waals surface area (Å²) in [5.41, 5.74) is -4.57. The van der Waals surface area contributed by atoms with Gasteiger partial charge in [-0.3, -0.25) is 9.59 Å². The van der Waals surface area contributed by atoms with E-state index in [1.165, 1.54) is 0 Å². The van der Waals surface area contributed by atoms with Gasteiger partial charge in [0.2, 0.25) is 0 Å². The van der Waals surface area contributed by atoms with Crippen LogP contribution in [-0.2, 0) is 19.1 Å². The van der Waals surface area contributed by atoms with Crippen molar-refractivity contribution in [1.82, 2.24) is 0 Å². The minimum atomic E-state index is -1.77. The Morgan fingerprint density at radius 3 is 1.67 bits per heavy atom. The molecule has 0 bridgehead atoms. The summed E-state index contributed by atoms with van der Waals surface area (Å²) in [7, 11) is 0. The molecule has 2 rings (SSSR count). The van der Waals surface area contributed by atoms with Gasteiger partial charge in [-0.2, -0.15) is 10.5 Å². The van der Waals surface area contributed by atoms with Crippen LogP contribution in [0.2, 0.25) is 0 Å². The summed E-state index contributed by atoms with van der Waals surface area (Å²) in [6.07, 6.45) is 1.59. The summed E-state index contributed by atoms with van der Waals surface area (Å²) in [6.45, 7) is 5.09. The fourth-order valence-electron chi connectivity index (χ4n) is 3.72. The zero-order chi connectivity index (χ0) is 15.9. The third kappa shape index (κ3) is 1.45. The molecular formula is C15H18N2O4. The Morgan fingerprint density at radius 2 is 1.43 bits per heavy atom. The molecule has 21 heavy (non-hydrogen) atoms. The van der Waals surface area contributed by atoms with Gasteiger partial charge in [-0.15, -0.1) is 0 Å². The molecule has 0 heterocycles. The minimum absolute atomic E-state index is 0.00869. The Labute approximate surface area is 123 Å². The Hall–Kier alpha value is -2.08. The van der Waals surface area contributed by atoms with E-state index >= 15 is 0 Å². The lowest BCUT2D eigenvalue weighted by Gasteiger charge is -2.12. The van der Waals surface area contributed by atoms with Crippen LogP contribution in [0.5, 0.6) is 0 Å². The number of nitriles is 2. The first-order chi connectivity index (χ1) is 9.94. The van der Waals surface area contributed by atoms with Crippen molar-refractivity contribution in [3.05, 3.63) is 0 Å². The van der Waals surface area contributed by atoms with Crippen LogP contribution in [0.3, 0.4) is 0 Å². The van der Waals surface area contributed by atoms with E-state index in [0.717, 1.165) is 12.8 Å². The molecule has 0 aliphatic heterocycles. The molecule has 2 fully saturated rings. The molecule has 6 heteroatoms. The summed E-state index contributed by atoms with van der Waals surface area (Å²) in [5, 5.41) is 19.3. The molecule has 0 N–H and O–H groups in total. The van der Waals surface area contributed by atoms with Gasteiger partial charge < -0.3 is 9.47 Å². The van der Waals surface area contributed by atoms with Crippen LogP contribution in [-0.4, -0.2) is 25.2 Å². The molecule has 0 aromatic rings. The van der Waals surface area contributed by atoms with Gasteiger partial charge in [-0.05, 0) is 32.6 Å². The number of carbonyl (C=O) groups is 2. The van der Waals surface area contributed by atoms with Crippen molar-refractivity contribution in [2.45, 2.75) is 33.6 Å². The van der Waals surface area contributed by atoms with Crippen molar-refractivity contribution in [1.29, 1.82) is 10.5 Å². The first kappa shape index (κ1) is 15.3. The first-order valence-electron chi connectivity index (χ1n) is 7.11. The molecule has 2 aliphatic rings. The van der Waals surface area contributed by atoms with E-state index in [1.54, 1.807) is 20.8 Å². The Kier molecular flexibility index (Phi) is 3.45. The van der Waals surface area contributed by atoms with Gasteiger partial charge in [0.15, 0.2) is 10.8 Å². The van der Waals surface area contributed by atoms with Crippen LogP contribution in [0, 0.1) is 44.8 Å². The van der Waals surface area contributed by atoms with Gasteiger partial charge in [-0.1, -0.05) is 6.92 Å². The lowest BCUT2D eigenvalue weighted by atomic mass is 9.90. The summed E-state index contributed by atoms with van der Waals surface area (Å²) < 4.78 is 10.00. The highest BCUT2D eigenvalue weighted by molar-refractivity contribution is 6.02. The molecule has 0 radical (unpaired) electrons. The zero-order valence-electron chi connectivity index (χ0n) is 12.4. The summed E-state index contributed by atoms with van der Waals surface area (Å²) in [4.78, 5) is 24.8. The number of nitrogens with zero attached hydrogens (tertiary/aromatic N) is 2. The molecule has 0 amide bonds. The fraction of sp³-hybridized carbons (Fsp3) is 0.733. The number of hydrogen-bond acceptors (Lipinski definition) is 6. The topological polar surface area (TPSA) is 100 Å². The largest absolute Gasteiger partial charge is 0.465 e. The molecule has 0 aromatic heterocycles. The molecule has 2 aliphatic carbocycles. The Bertz CT molecular complexity index is 527. The lowest BCUT2D eigenvalue weighted by molar-refractivity contribution is -0.155. The summed E-state index contributed by atoms with van der Waals surface area (Å²) in [5.74, 6) is -1.60. The summed E-state index contributed by atoms with van der Waals surface area (Å²) in [6, 6.07) is 3.86. The van der Waals surface area contributed by atoms with Crippen molar-refractivity contribution in [3.8, 4) is 12.1 Å². The van der Waals surface area contributed by atoms with Crippen molar-refractivity contribution >= 4 is 11.9 Å². The number of carbonyl (C=O) groups excluding carboxylic acids is 2. The molecule has 0 spiro atoms. The van der Waals surface area contributed by atoms with Crippen molar-refractivity contribution in [2.75, 3.05) is 13.2 Å². The smallest absolute Gasteiger partial charge is 0.329 e. The summed E-state index contributed by atoms with van der Waals surface area (Å²) >= 11 is 0. The minimum Gasteiger partial charge on any atom is -0.465 e. The number of rotatable bonds is 5. The molecule has 6 nitrogen and oxygen atoms in total. The third-order valence-electron chi connectivity index (χ3n) is 4.95. The number of ether oxygens (including phenoxy) is 2. The second kappa shape index (κ2) is 4.73. The Balaban J connectivity index is 2.57. The van der Waals surface area contributed by atoms with E-state index in [-0.39, 0.29) is 19.1 Å². The van der Waals surface area contributed by atoms with E-state index in [4.69, 9.17) is 9.47 Å². The maximum atomic E-state index is 12.4. The average Bonchev–Trinajstić information content (AvgIpc) is 3.33. The first-order valence-corrected chi connectivity index (χ1v) is 7.11. The van der Waals surface area contributed by atoms with Crippen molar-refractivity contribution in [3.63, 3.8) is 0 Å². The van der Waals surface area contributed by atoms with E-state index in [2.05, 4.69) is 0 Å². The average molecular weight is 290 g/mol. The highest BCUT2D eigenvalue weighted by Crippen LogP contribution is 2.84. The standard InChI is InChI=1S/C15H18N2O4/c1-4-20-11(18)14(8-16)13(3,10-6-7-10)15(14,9-17)12(19)21-5-2/h10H,4-7H2,1-3H3. The predicted molar refractivity (Wildman–Crippen MR) is 70.2 cm³/mol. The quantitative estimate of drug-likeness (QED) is 0.712. The third-order valence-corrected chi connectivity index (χ3v) is 4.95. The van der Waals surface area contributed by atoms with Crippen LogP contribution in [0.4, 0.5) is 0 Å². The van der Waals surface area contributed by atoms with Crippen LogP contribution in [0.1, 0.15) is 33.6 Å². The van der Waals surface area contributed by atoms with E-state index in [1.807, 2.05) is 12.1 Å². The van der Waals surface area contributed by atoms with Gasteiger partial charge in [0.25, 0.3) is 0 Å². The van der Waals surface area contributed by atoms with Crippen LogP contribution in [0.15, 0.2) is 0 Å². The molecule has 0 aromatic carbocycles. The lowest BCUT2D eigenvalue weighted by Crippen LogP contribution is -2.30. The molecule has 2 unspecified atom stereocenters. The van der Waals surface area contributed by atoms with Gasteiger partial charge in [0, 0.05) is 5.41 Å². The van der Waals surface area contributed by atoms with E-state index in [9.17, 15) is 20.1 Å². The number of hydrogen-bond donors (Lipinski definition) is 0. The maximum absolute atomic E-state index is 12.4. The molecule has 112 valence electrons. The Morgan fingerprint density at radius 1 is 1.05 bits per heavy atom. The fourth-order valence-corrected chi connectivity index (χ4v) is 3.72. The van der Waals surface area contributed by atoms with Gasteiger partial charge in [0.05, 0.1) is 25.4 Å². The van der Waals surface area contributed by atoms with Crippen LogP contribution >= 0.6 is 0 Å². The maximum Gasteiger partial charge on any atom is 0.329 e. The molecular weight excluding hydrogens is 272 g/mol. The van der Waals surface area contributed by atoms with Gasteiger partial charge >= 0.3 is 11.9 Å². The monoisotopic (exact) mass is 290 g/mol. The predicted octanol–water partition coefficient (Wildman–Crippen LogP) is 1.56. The zero-order valence-corrected chi connectivity index (χ0v) is 12.4. The van der Waals surface area contributed by atoms with E-state index < -0.39 is 28.2 Å². The molecule has 0 saturated heterocycles. The van der Waals surface area contributed by atoms with Crippen LogP contribution in [0.25, 0.3) is 0 Å². The van der Waals surface area contributed by atoms with Crippen molar-refractivity contribution in [2.24, 2.45) is 22.2 Å². The van der Waals surface area contributed by atoms with Gasteiger partial charge in [0.1, 0.15) is 0 Å². The second-order valence-electron chi connectivity index (χ2n) is 5.64. The highest BCUT2D eigenvalue weighted by Gasteiger charge is 2.97. The normalized spacial score (nSPS) is 37.0. The highest BCUT2D eigenvalue weighted by atomic mass is 16.5.